The fraction of sp³-hybridized carbons (Fsp3) is 0.500. The quantitative estimate of drug-likeness (QED) is 0.576. The van der Waals surface area contributed by atoms with E-state index in [1.54, 1.807) is 0 Å². The van der Waals surface area contributed by atoms with Gasteiger partial charge in [0.2, 0.25) is 10.0 Å². The van der Waals surface area contributed by atoms with Crippen molar-refractivity contribution in [1.82, 2.24) is 4.72 Å². The van der Waals surface area contributed by atoms with Crippen LogP contribution in [0.4, 0.5) is 0 Å². The third kappa shape index (κ3) is 5.87. The molecule has 0 radical (unpaired) electrons. The van der Waals surface area contributed by atoms with Crippen molar-refractivity contribution in [2.24, 2.45) is 0 Å². The number of benzene rings is 1. The number of hydrogen-bond donors (Lipinski definition) is 2. The molecule has 0 fully saturated rings. The van der Waals surface area contributed by atoms with E-state index in [1.165, 1.54) is 39.3 Å². The molecule has 0 aliphatic carbocycles. The van der Waals surface area contributed by atoms with Crippen LogP contribution in [0.3, 0.4) is 0 Å². The molecule has 0 bridgehead atoms. The molecule has 0 spiro atoms. The summed E-state index contributed by atoms with van der Waals surface area (Å²) in [5.41, 5.74) is 0. The van der Waals surface area contributed by atoms with E-state index in [-0.39, 0.29) is 22.1 Å². The van der Waals surface area contributed by atoms with Crippen molar-refractivity contribution in [2.45, 2.75) is 24.3 Å². The Morgan fingerprint density at radius 3 is 2.32 bits per heavy atom. The second kappa shape index (κ2) is 8.50. The minimum atomic E-state index is -4.28. The molecule has 1 aromatic carbocycles. The Morgan fingerprint density at radius 2 is 1.84 bits per heavy atom. The zero-order chi connectivity index (χ0) is 19.3. The summed E-state index contributed by atoms with van der Waals surface area (Å²) in [5.74, 6) is -1.84. The number of hydrogen-bond acceptors (Lipinski definition) is 7. The van der Waals surface area contributed by atoms with Gasteiger partial charge in [0.15, 0.2) is 0 Å². The highest BCUT2D eigenvalue weighted by Gasteiger charge is 2.29. The highest BCUT2D eigenvalue weighted by atomic mass is 32.2. The van der Waals surface area contributed by atoms with Gasteiger partial charge in [0.05, 0.1) is 20.0 Å². The topological polar surface area (TPSA) is 136 Å². The molecule has 0 saturated carbocycles. The smallest absolute Gasteiger partial charge is 0.321 e. The van der Waals surface area contributed by atoms with Gasteiger partial charge < -0.3 is 14.6 Å². The SMILES string of the molecule is CCS(=O)(=O)CCC(NS(=O)(=O)c1cc(OC)ccc1OC)C(=O)O. The van der Waals surface area contributed by atoms with Gasteiger partial charge >= 0.3 is 5.97 Å². The van der Waals surface area contributed by atoms with Crippen LogP contribution in [0, 0.1) is 0 Å². The fourth-order valence-corrected chi connectivity index (χ4v) is 4.21. The van der Waals surface area contributed by atoms with Gasteiger partial charge in [-0.05, 0) is 18.6 Å². The van der Waals surface area contributed by atoms with Crippen molar-refractivity contribution in [3.63, 3.8) is 0 Å². The van der Waals surface area contributed by atoms with Gasteiger partial charge in [-0.25, -0.2) is 16.8 Å². The molecule has 2 N–H and O–H groups in total. The average Bonchev–Trinajstić information content (AvgIpc) is 2.57. The summed E-state index contributed by atoms with van der Waals surface area (Å²) in [6, 6.07) is 2.44. The Kier molecular flexibility index (Phi) is 7.20. The monoisotopic (exact) mass is 395 g/mol. The predicted octanol–water partition coefficient (Wildman–Crippen LogP) is 0.260. The Hall–Kier alpha value is -1.85. The highest BCUT2D eigenvalue weighted by Crippen LogP contribution is 2.28. The van der Waals surface area contributed by atoms with Gasteiger partial charge in [0.25, 0.3) is 0 Å². The van der Waals surface area contributed by atoms with Crippen LogP contribution in [0.2, 0.25) is 0 Å². The van der Waals surface area contributed by atoms with E-state index in [0.29, 0.717) is 0 Å². The maximum Gasteiger partial charge on any atom is 0.321 e. The molecule has 1 unspecified atom stereocenters. The lowest BCUT2D eigenvalue weighted by Gasteiger charge is -2.16. The molecule has 0 aromatic heterocycles. The highest BCUT2D eigenvalue weighted by molar-refractivity contribution is 7.91. The number of rotatable bonds is 10. The third-order valence-corrected chi connectivity index (χ3v) is 6.64. The molecular weight excluding hydrogens is 374 g/mol. The van der Waals surface area contributed by atoms with Crippen LogP contribution in [0.1, 0.15) is 13.3 Å². The number of ether oxygens (including phenoxy) is 2. The zero-order valence-corrected chi connectivity index (χ0v) is 15.7. The number of carboxylic acids is 1. The van der Waals surface area contributed by atoms with Crippen LogP contribution in [-0.4, -0.2) is 59.7 Å². The summed E-state index contributed by atoms with van der Waals surface area (Å²) in [5, 5.41) is 9.20. The van der Waals surface area contributed by atoms with E-state index < -0.39 is 44.0 Å². The molecule has 0 aliphatic heterocycles. The summed E-state index contributed by atoms with van der Waals surface area (Å²) >= 11 is 0. The van der Waals surface area contributed by atoms with Gasteiger partial charge in [-0.2, -0.15) is 4.72 Å². The number of sulfonamides is 1. The van der Waals surface area contributed by atoms with Crippen molar-refractivity contribution in [1.29, 1.82) is 0 Å². The van der Waals surface area contributed by atoms with Crippen molar-refractivity contribution >= 4 is 25.8 Å². The maximum absolute atomic E-state index is 12.5. The Morgan fingerprint density at radius 1 is 1.20 bits per heavy atom. The molecular formula is C14H21NO8S2. The molecule has 1 atom stereocenters. The van der Waals surface area contributed by atoms with Gasteiger partial charge in [0, 0.05) is 11.8 Å². The molecule has 0 amide bonds. The largest absolute Gasteiger partial charge is 0.497 e. The number of methoxy groups -OCH3 is 2. The number of carbonyl (C=O) groups is 1. The normalized spacial score (nSPS) is 13.2. The van der Waals surface area contributed by atoms with Crippen LogP contribution in [0.15, 0.2) is 23.1 Å². The molecule has 11 heteroatoms. The fourth-order valence-electron chi connectivity index (χ4n) is 1.92. The first-order chi connectivity index (χ1) is 11.6. The Labute approximate surface area is 146 Å². The van der Waals surface area contributed by atoms with E-state index in [0.717, 1.165) is 0 Å². The average molecular weight is 395 g/mol. The standard InChI is InChI=1S/C14H21NO8S2/c1-4-24(18,19)8-7-11(14(16)17)15-25(20,21)13-9-10(22-2)5-6-12(13)23-3/h5-6,9,11,15H,4,7-8H2,1-3H3,(H,16,17). The van der Waals surface area contributed by atoms with Crippen LogP contribution >= 0.6 is 0 Å². The molecule has 142 valence electrons. The molecule has 9 nitrogen and oxygen atoms in total. The lowest BCUT2D eigenvalue weighted by atomic mass is 10.2. The van der Waals surface area contributed by atoms with Crippen LogP contribution in [0.5, 0.6) is 11.5 Å². The third-order valence-electron chi connectivity index (χ3n) is 3.41. The number of aliphatic carboxylic acids is 1. The van der Waals surface area contributed by atoms with E-state index in [2.05, 4.69) is 0 Å². The van der Waals surface area contributed by atoms with Crippen LogP contribution in [0.25, 0.3) is 0 Å². The minimum Gasteiger partial charge on any atom is -0.497 e. The molecule has 25 heavy (non-hydrogen) atoms. The van der Waals surface area contributed by atoms with Crippen molar-refractivity contribution < 1.29 is 36.2 Å². The van der Waals surface area contributed by atoms with Gasteiger partial charge in [-0.1, -0.05) is 6.92 Å². The lowest BCUT2D eigenvalue weighted by molar-refractivity contribution is -0.139. The molecule has 0 heterocycles. The van der Waals surface area contributed by atoms with Gasteiger partial charge in [-0.3, -0.25) is 4.79 Å². The number of nitrogens with one attached hydrogen (secondary N) is 1. The van der Waals surface area contributed by atoms with E-state index in [9.17, 15) is 26.7 Å². The van der Waals surface area contributed by atoms with E-state index >= 15 is 0 Å². The van der Waals surface area contributed by atoms with Gasteiger partial charge in [0.1, 0.15) is 32.3 Å². The summed E-state index contributed by atoms with van der Waals surface area (Å²) in [6.07, 6.45) is -0.392. The molecule has 1 rings (SSSR count). The first-order valence-corrected chi connectivity index (χ1v) is 10.5. The second-order valence-corrected chi connectivity index (χ2v) is 9.21. The molecule has 0 saturated heterocycles. The van der Waals surface area contributed by atoms with Crippen LogP contribution in [-0.2, 0) is 24.7 Å². The molecule has 0 aliphatic rings. The minimum absolute atomic E-state index is 0.00128. The van der Waals surface area contributed by atoms with E-state index in [1.807, 2.05) is 4.72 Å². The van der Waals surface area contributed by atoms with E-state index in [4.69, 9.17) is 9.47 Å². The number of sulfone groups is 1. The lowest BCUT2D eigenvalue weighted by Crippen LogP contribution is -2.42. The first kappa shape index (κ1) is 21.2. The molecule has 1 aromatic rings. The second-order valence-electron chi connectivity index (χ2n) is 5.05. The predicted molar refractivity (Wildman–Crippen MR) is 90.2 cm³/mol. The van der Waals surface area contributed by atoms with Crippen molar-refractivity contribution in [3.8, 4) is 11.5 Å². The summed E-state index contributed by atoms with van der Waals surface area (Å²) in [7, 11) is -5.10. The van der Waals surface area contributed by atoms with Crippen molar-refractivity contribution in [2.75, 3.05) is 25.7 Å². The van der Waals surface area contributed by atoms with Crippen LogP contribution < -0.4 is 14.2 Å². The Balaban J connectivity index is 3.13. The first-order valence-electron chi connectivity index (χ1n) is 7.24. The van der Waals surface area contributed by atoms with Gasteiger partial charge in [-0.15, -0.1) is 0 Å². The van der Waals surface area contributed by atoms with Crippen molar-refractivity contribution in [3.05, 3.63) is 18.2 Å². The number of carboxylic acid groups (broad SMARTS) is 1. The maximum atomic E-state index is 12.5. The summed E-state index contributed by atoms with van der Waals surface area (Å²) < 4.78 is 60.1. The zero-order valence-electron chi connectivity index (χ0n) is 14.1. The summed E-state index contributed by atoms with van der Waals surface area (Å²) in [4.78, 5) is 11.0. The summed E-state index contributed by atoms with van der Waals surface area (Å²) in [6.45, 7) is 1.43. The Bertz CT molecular complexity index is 817.